The molecule has 1 aliphatic carbocycles. The maximum atomic E-state index is 12.4. The van der Waals surface area contributed by atoms with E-state index in [0.29, 0.717) is 6.54 Å². The predicted molar refractivity (Wildman–Crippen MR) is 67.8 cm³/mol. The molecule has 2 fully saturated rings. The van der Waals surface area contributed by atoms with Crippen LogP contribution in [0.4, 0.5) is 0 Å². The Kier molecular flexibility index (Phi) is 2.47. The van der Waals surface area contributed by atoms with Crippen LogP contribution in [0.5, 0.6) is 0 Å². The van der Waals surface area contributed by atoms with Crippen LogP contribution in [0.2, 0.25) is 0 Å². The third-order valence-corrected chi connectivity index (χ3v) is 4.36. The molecule has 1 amide bonds. The molecule has 0 N–H and O–H groups in total. The van der Waals surface area contributed by atoms with Crippen molar-refractivity contribution in [3.05, 3.63) is 40.8 Å². The van der Waals surface area contributed by atoms with E-state index in [9.17, 15) is 9.70 Å². The fourth-order valence-electron chi connectivity index (χ4n) is 2.93. The Morgan fingerprint density at radius 3 is 2.50 bits per heavy atom. The van der Waals surface area contributed by atoms with Gasteiger partial charge in [0.05, 0.1) is 11.5 Å². The molecule has 0 bridgehead atoms. The molecule has 1 spiro atoms. The quantitative estimate of drug-likeness (QED) is 0.767. The maximum Gasteiger partial charge on any atom is 0.231 e. The molecule has 1 saturated heterocycles. The SMILES string of the molecule is CC(c1ccccc1)N1CC(N=O)C2(CC2)C1=O. The molecule has 94 valence electrons. The van der Waals surface area contributed by atoms with E-state index in [0.717, 1.165) is 18.4 Å². The second-order valence-corrected chi connectivity index (χ2v) is 5.32. The molecule has 0 radical (unpaired) electrons. The highest BCUT2D eigenvalue weighted by Crippen LogP contribution is 2.56. The van der Waals surface area contributed by atoms with Crippen molar-refractivity contribution in [3.63, 3.8) is 0 Å². The molecule has 1 saturated carbocycles. The van der Waals surface area contributed by atoms with Crippen LogP contribution in [0.15, 0.2) is 35.5 Å². The number of carbonyl (C=O) groups excluding carboxylic acids is 1. The zero-order chi connectivity index (χ0) is 12.8. The van der Waals surface area contributed by atoms with Crippen molar-refractivity contribution in [2.24, 2.45) is 10.6 Å². The van der Waals surface area contributed by atoms with Gasteiger partial charge in [-0.1, -0.05) is 35.5 Å². The van der Waals surface area contributed by atoms with E-state index in [2.05, 4.69) is 5.18 Å². The second kappa shape index (κ2) is 3.90. The van der Waals surface area contributed by atoms with Gasteiger partial charge in [-0.2, -0.15) is 4.91 Å². The van der Waals surface area contributed by atoms with E-state index in [1.54, 1.807) is 0 Å². The Morgan fingerprint density at radius 1 is 1.33 bits per heavy atom. The molecule has 1 aromatic carbocycles. The van der Waals surface area contributed by atoms with Crippen LogP contribution in [0, 0.1) is 10.3 Å². The summed E-state index contributed by atoms with van der Waals surface area (Å²) in [5.41, 5.74) is 0.665. The van der Waals surface area contributed by atoms with Gasteiger partial charge in [0.2, 0.25) is 5.91 Å². The Morgan fingerprint density at radius 2 is 2.00 bits per heavy atom. The summed E-state index contributed by atoms with van der Waals surface area (Å²) in [6.45, 7) is 2.48. The minimum Gasteiger partial charge on any atom is -0.333 e. The fraction of sp³-hybridized carbons (Fsp3) is 0.500. The van der Waals surface area contributed by atoms with E-state index in [1.165, 1.54) is 0 Å². The van der Waals surface area contributed by atoms with Gasteiger partial charge in [0.1, 0.15) is 6.04 Å². The number of likely N-dealkylation sites (tertiary alicyclic amines) is 1. The van der Waals surface area contributed by atoms with E-state index in [4.69, 9.17) is 0 Å². The van der Waals surface area contributed by atoms with E-state index >= 15 is 0 Å². The Bertz CT molecular complexity index is 482. The highest BCUT2D eigenvalue weighted by atomic mass is 16.3. The number of nitroso groups, excluding NO2 is 1. The Labute approximate surface area is 106 Å². The standard InChI is InChI=1S/C14H16N2O2/c1-10(11-5-3-2-4-6-11)16-9-12(15-18)14(7-8-14)13(16)17/h2-6,10,12H,7-9H2,1H3. The molecule has 2 unspecified atom stereocenters. The number of benzene rings is 1. The van der Waals surface area contributed by atoms with Crippen molar-refractivity contribution in [2.45, 2.75) is 31.8 Å². The molecule has 4 heteroatoms. The number of hydrogen-bond acceptors (Lipinski definition) is 3. The molecular weight excluding hydrogens is 228 g/mol. The lowest BCUT2D eigenvalue weighted by molar-refractivity contribution is -0.133. The molecule has 3 rings (SSSR count). The highest BCUT2D eigenvalue weighted by Gasteiger charge is 2.63. The third-order valence-electron chi connectivity index (χ3n) is 4.36. The van der Waals surface area contributed by atoms with Crippen LogP contribution in [0.25, 0.3) is 0 Å². The van der Waals surface area contributed by atoms with Crippen LogP contribution in [0.1, 0.15) is 31.4 Å². The topological polar surface area (TPSA) is 49.7 Å². The fourth-order valence-corrected chi connectivity index (χ4v) is 2.93. The predicted octanol–water partition coefficient (Wildman–Crippen LogP) is 2.51. The lowest BCUT2D eigenvalue weighted by Gasteiger charge is -2.25. The van der Waals surface area contributed by atoms with E-state index < -0.39 is 5.41 Å². The van der Waals surface area contributed by atoms with Gasteiger partial charge in [-0.05, 0) is 25.3 Å². The van der Waals surface area contributed by atoms with Crippen LogP contribution in [-0.4, -0.2) is 23.4 Å². The first kappa shape index (κ1) is 11.4. The Hall–Kier alpha value is -1.71. The van der Waals surface area contributed by atoms with Crippen molar-refractivity contribution in [1.82, 2.24) is 4.90 Å². The zero-order valence-electron chi connectivity index (χ0n) is 10.4. The van der Waals surface area contributed by atoms with Crippen molar-refractivity contribution in [3.8, 4) is 0 Å². The molecular formula is C14H16N2O2. The molecule has 0 aromatic heterocycles. The molecule has 2 aliphatic rings. The van der Waals surface area contributed by atoms with Crippen LogP contribution in [0.3, 0.4) is 0 Å². The van der Waals surface area contributed by atoms with Crippen molar-refractivity contribution in [1.29, 1.82) is 0 Å². The van der Waals surface area contributed by atoms with E-state index in [-0.39, 0.29) is 18.0 Å². The summed E-state index contributed by atoms with van der Waals surface area (Å²) in [6, 6.07) is 9.58. The minimum absolute atomic E-state index is 0.0166. The summed E-state index contributed by atoms with van der Waals surface area (Å²) >= 11 is 0. The van der Waals surface area contributed by atoms with Gasteiger partial charge >= 0.3 is 0 Å². The summed E-state index contributed by atoms with van der Waals surface area (Å²) in [4.78, 5) is 25.1. The van der Waals surface area contributed by atoms with Crippen LogP contribution >= 0.6 is 0 Å². The maximum absolute atomic E-state index is 12.4. The number of rotatable bonds is 3. The normalized spacial score (nSPS) is 26.4. The third kappa shape index (κ3) is 1.48. The van der Waals surface area contributed by atoms with Crippen molar-refractivity contribution in [2.75, 3.05) is 6.54 Å². The van der Waals surface area contributed by atoms with Crippen LogP contribution < -0.4 is 0 Å². The number of carbonyl (C=O) groups is 1. The molecule has 18 heavy (non-hydrogen) atoms. The molecule has 1 aliphatic heterocycles. The summed E-state index contributed by atoms with van der Waals surface area (Å²) in [6.07, 6.45) is 1.64. The average molecular weight is 244 g/mol. The van der Waals surface area contributed by atoms with Gasteiger partial charge in [-0.15, -0.1) is 0 Å². The van der Waals surface area contributed by atoms with Gasteiger partial charge < -0.3 is 4.90 Å². The van der Waals surface area contributed by atoms with Gasteiger partial charge in [-0.3, -0.25) is 4.79 Å². The molecule has 1 heterocycles. The first-order chi connectivity index (χ1) is 8.69. The number of nitrogens with zero attached hydrogens (tertiary/aromatic N) is 2. The molecule has 1 aromatic rings. The van der Waals surface area contributed by atoms with E-state index in [1.807, 2.05) is 42.2 Å². The molecule has 4 nitrogen and oxygen atoms in total. The van der Waals surface area contributed by atoms with Gasteiger partial charge in [0, 0.05) is 6.54 Å². The summed E-state index contributed by atoms with van der Waals surface area (Å²) < 4.78 is 0. The largest absolute Gasteiger partial charge is 0.333 e. The Balaban J connectivity index is 1.86. The summed E-state index contributed by atoms with van der Waals surface area (Å²) in [5, 5.41) is 3.17. The van der Waals surface area contributed by atoms with Crippen molar-refractivity contribution < 1.29 is 4.79 Å². The summed E-state index contributed by atoms with van der Waals surface area (Å²) in [5.74, 6) is 0.114. The zero-order valence-corrected chi connectivity index (χ0v) is 10.4. The highest BCUT2D eigenvalue weighted by molar-refractivity contribution is 5.89. The monoisotopic (exact) mass is 244 g/mol. The lowest BCUT2D eigenvalue weighted by atomic mass is 10.0. The first-order valence-corrected chi connectivity index (χ1v) is 6.37. The van der Waals surface area contributed by atoms with Crippen LogP contribution in [-0.2, 0) is 4.79 Å². The van der Waals surface area contributed by atoms with Gasteiger partial charge in [0.25, 0.3) is 0 Å². The summed E-state index contributed by atoms with van der Waals surface area (Å²) in [7, 11) is 0. The van der Waals surface area contributed by atoms with Crippen molar-refractivity contribution >= 4 is 5.91 Å². The molecule has 2 atom stereocenters. The average Bonchev–Trinajstić information content (AvgIpc) is 3.16. The lowest BCUT2D eigenvalue weighted by Crippen LogP contribution is -2.30. The first-order valence-electron chi connectivity index (χ1n) is 6.37. The smallest absolute Gasteiger partial charge is 0.231 e. The van der Waals surface area contributed by atoms with Gasteiger partial charge in [-0.25, -0.2) is 0 Å². The van der Waals surface area contributed by atoms with Gasteiger partial charge in [0.15, 0.2) is 0 Å². The minimum atomic E-state index is -0.440. The number of amides is 1. The number of hydrogen-bond donors (Lipinski definition) is 0. The second-order valence-electron chi connectivity index (χ2n) is 5.32.